The molecule has 3 heterocycles. The van der Waals surface area contributed by atoms with Crippen LogP contribution in [0.25, 0.3) is 76.6 Å². The van der Waals surface area contributed by atoms with E-state index in [-0.39, 0.29) is 0 Å². The first-order valence-electron chi connectivity index (χ1n) is 15.5. The summed E-state index contributed by atoms with van der Waals surface area (Å²) in [6, 6.07) is 42.3. The van der Waals surface area contributed by atoms with Crippen LogP contribution in [0.15, 0.2) is 140 Å². The van der Waals surface area contributed by atoms with Crippen LogP contribution in [0.2, 0.25) is 0 Å². The Kier molecular flexibility index (Phi) is 6.39. The quantitative estimate of drug-likeness (QED) is 0.195. The second-order valence-electron chi connectivity index (χ2n) is 11.5. The van der Waals surface area contributed by atoms with Crippen molar-refractivity contribution in [2.75, 3.05) is 0 Å². The molecule has 0 saturated heterocycles. The molecule has 0 fully saturated rings. The van der Waals surface area contributed by atoms with Gasteiger partial charge in [0, 0.05) is 21.9 Å². The Morgan fingerprint density at radius 1 is 0.565 bits per heavy atom. The molecule has 0 radical (unpaired) electrons. The van der Waals surface area contributed by atoms with E-state index in [4.69, 9.17) is 19.9 Å². The number of aromatic nitrogens is 5. The van der Waals surface area contributed by atoms with Crippen molar-refractivity contribution in [2.24, 2.45) is 0 Å². The maximum Gasteiger partial charge on any atom is 0.238 e. The summed E-state index contributed by atoms with van der Waals surface area (Å²) in [6.45, 7) is 0. The lowest BCUT2D eigenvalue weighted by molar-refractivity contribution is 0.913. The van der Waals surface area contributed by atoms with Crippen LogP contribution in [0, 0.1) is 0 Å². The van der Waals surface area contributed by atoms with Crippen LogP contribution in [0.4, 0.5) is 0 Å². The summed E-state index contributed by atoms with van der Waals surface area (Å²) < 4.78 is 3.34. The van der Waals surface area contributed by atoms with Crippen molar-refractivity contribution in [3.05, 3.63) is 145 Å². The Balaban J connectivity index is 1.34. The van der Waals surface area contributed by atoms with Gasteiger partial charge in [0.15, 0.2) is 11.6 Å². The van der Waals surface area contributed by atoms with Crippen molar-refractivity contribution in [1.82, 2.24) is 24.5 Å². The Hall–Kier alpha value is -5.72. The van der Waals surface area contributed by atoms with Crippen molar-refractivity contribution in [2.45, 2.75) is 12.8 Å². The molecule has 0 amide bonds. The van der Waals surface area contributed by atoms with Crippen LogP contribution in [0.3, 0.4) is 0 Å². The minimum atomic E-state index is 0.602. The molecule has 0 atom stereocenters. The average Bonchev–Trinajstić information content (AvgIpc) is 3.70. The van der Waals surface area contributed by atoms with Crippen molar-refractivity contribution in [1.29, 1.82) is 0 Å². The fourth-order valence-corrected chi connectivity index (χ4v) is 7.28. The third-order valence-electron chi connectivity index (χ3n) is 8.56. The molecule has 0 saturated carbocycles. The number of hydrogen-bond donors (Lipinski definition) is 0. The van der Waals surface area contributed by atoms with E-state index < -0.39 is 0 Å². The third-order valence-corrected chi connectivity index (χ3v) is 9.63. The molecule has 3 aromatic heterocycles. The molecular formula is C40H27N5S. The number of nitrogens with zero attached hydrogens (tertiary/aromatic N) is 5. The summed E-state index contributed by atoms with van der Waals surface area (Å²) in [6.07, 6.45) is 8.27. The summed E-state index contributed by atoms with van der Waals surface area (Å²) in [5.41, 5.74) is 8.57. The van der Waals surface area contributed by atoms with E-state index in [1.54, 1.807) is 11.3 Å². The van der Waals surface area contributed by atoms with Crippen LogP contribution in [-0.2, 0) is 0 Å². The zero-order valence-corrected chi connectivity index (χ0v) is 25.7. The second kappa shape index (κ2) is 11.0. The van der Waals surface area contributed by atoms with Crippen molar-refractivity contribution >= 4 is 48.9 Å². The maximum atomic E-state index is 5.16. The molecule has 46 heavy (non-hydrogen) atoms. The minimum absolute atomic E-state index is 0.602. The first kappa shape index (κ1) is 26.7. The van der Waals surface area contributed by atoms with Gasteiger partial charge < -0.3 is 0 Å². The molecule has 6 heteroatoms. The van der Waals surface area contributed by atoms with E-state index >= 15 is 0 Å². The van der Waals surface area contributed by atoms with E-state index in [1.807, 2.05) is 24.3 Å². The molecule has 1 aliphatic carbocycles. The second-order valence-corrected chi connectivity index (χ2v) is 12.5. The van der Waals surface area contributed by atoms with Crippen molar-refractivity contribution in [3.63, 3.8) is 0 Å². The van der Waals surface area contributed by atoms with Gasteiger partial charge in [0.25, 0.3) is 0 Å². The van der Waals surface area contributed by atoms with Crippen LogP contribution < -0.4 is 0 Å². The smallest absolute Gasteiger partial charge is 0.238 e. The standard InChI is InChI=1S/C40H27N5S/c1-5-13-26(14-6-1)30-21-22-34-31(23-30)32-24-36-33(41-39(46-36)29-19-11-4-12-20-29)25-35(32)45(34)40-43-37(27-15-7-2-8-16-27)42-38(44-40)28-17-9-3-10-18-28/h1-9,11-17,19-25H,10,18H2. The maximum absolute atomic E-state index is 5.16. The molecular weight excluding hydrogens is 583 g/mol. The molecule has 1 aliphatic rings. The normalized spacial score (nSPS) is 13.1. The van der Waals surface area contributed by atoms with Crippen LogP contribution in [0.1, 0.15) is 18.7 Å². The third kappa shape index (κ3) is 4.62. The van der Waals surface area contributed by atoms with Gasteiger partial charge in [0.1, 0.15) is 5.01 Å². The first-order valence-corrected chi connectivity index (χ1v) is 16.3. The molecule has 5 nitrogen and oxygen atoms in total. The van der Waals surface area contributed by atoms with E-state index in [1.165, 1.54) is 11.1 Å². The SMILES string of the molecule is C1=CCCC(c2nc(-c3ccccc3)nc(-n3c4ccc(-c5ccccc5)cc4c4cc5sc(-c6ccccc6)nc5cc43)n2)=C1. The Labute approximate surface area is 269 Å². The van der Waals surface area contributed by atoms with Crippen molar-refractivity contribution < 1.29 is 0 Å². The van der Waals surface area contributed by atoms with Crippen LogP contribution >= 0.6 is 11.3 Å². The zero-order valence-electron chi connectivity index (χ0n) is 24.8. The molecule has 8 aromatic rings. The summed E-state index contributed by atoms with van der Waals surface area (Å²) in [7, 11) is 0. The predicted molar refractivity (Wildman–Crippen MR) is 190 cm³/mol. The summed E-state index contributed by atoms with van der Waals surface area (Å²) in [5, 5.41) is 3.30. The highest BCUT2D eigenvalue weighted by molar-refractivity contribution is 7.21. The summed E-state index contributed by atoms with van der Waals surface area (Å²) in [5.74, 6) is 1.97. The lowest BCUT2D eigenvalue weighted by Crippen LogP contribution is -2.08. The number of allylic oxidation sites excluding steroid dienone is 4. The molecule has 0 bridgehead atoms. The van der Waals surface area contributed by atoms with Gasteiger partial charge in [-0.2, -0.15) is 9.97 Å². The minimum Gasteiger partial charge on any atom is -0.278 e. The number of fused-ring (bicyclic) bond motifs is 4. The van der Waals surface area contributed by atoms with Gasteiger partial charge in [-0.1, -0.05) is 115 Å². The van der Waals surface area contributed by atoms with Gasteiger partial charge in [-0.05, 0) is 53.8 Å². The monoisotopic (exact) mass is 609 g/mol. The van der Waals surface area contributed by atoms with Gasteiger partial charge >= 0.3 is 0 Å². The fourth-order valence-electron chi connectivity index (χ4n) is 6.28. The van der Waals surface area contributed by atoms with E-state index in [2.05, 4.69) is 120 Å². The molecule has 5 aromatic carbocycles. The number of hydrogen-bond acceptors (Lipinski definition) is 5. The highest BCUT2D eigenvalue weighted by Crippen LogP contribution is 2.39. The summed E-state index contributed by atoms with van der Waals surface area (Å²) >= 11 is 1.72. The molecule has 0 N–H and O–H groups in total. The highest BCUT2D eigenvalue weighted by Gasteiger charge is 2.21. The van der Waals surface area contributed by atoms with Crippen molar-refractivity contribution in [3.8, 4) is 39.0 Å². The van der Waals surface area contributed by atoms with Crippen LogP contribution in [0.5, 0.6) is 0 Å². The summed E-state index contributed by atoms with van der Waals surface area (Å²) in [4.78, 5) is 20.4. The van der Waals surface area contributed by atoms with Gasteiger partial charge in [-0.3, -0.25) is 4.57 Å². The first-order chi connectivity index (χ1) is 22.8. The van der Waals surface area contributed by atoms with Gasteiger partial charge in [0.2, 0.25) is 5.95 Å². The van der Waals surface area contributed by atoms with Crippen LogP contribution in [-0.4, -0.2) is 24.5 Å². The van der Waals surface area contributed by atoms with E-state index in [9.17, 15) is 0 Å². The Morgan fingerprint density at radius 2 is 1.26 bits per heavy atom. The fraction of sp³-hybridized carbons (Fsp3) is 0.0500. The molecule has 9 rings (SSSR count). The lowest BCUT2D eigenvalue weighted by Gasteiger charge is -2.13. The van der Waals surface area contributed by atoms with Gasteiger partial charge in [-0.25, -0.2) is 9.97 Å². The van der Waals surface area contributed by atoms with Gasteiger partial charge in [0.05, 0.1) is 21.3 Å². The molecule has 0 aliphatic heterocycles. The van der Waals surface area contributed by atoms with Gasteiger partial charge in [-0.15, -0.1) is 11.3 Å². The average molecular weight is 610 g/mol. The molecule has 0 unspecified atom stereocenters. The number of thiazole rings is 1. The van der Waals surface area contributed by atoms with E-state index in [0.717, 1.165) is 66.6 Å². The highest BCUT2D eigenvalue weighted by atomic mass is 32.1. The van der Waals surface area contributed by atoms with E-state index in [0.29, 0.717) is 17.6 Å². The number of rotatable bonds is 5. The topological polar surface area (TPSA) is 56.5 Å². The molecule has 218 valence electrons. The molecule has 0 spiro atoms. The Morgan fingerprint density at radius 3 is 2.00 bits per heavy atom. The zero-order chi connectivity index (χ0) is 30.5. The predicted octanol–water partition coefficient (Wildman–Crippen LogP) is 10.3. The Bertz CT molecular complexity index is 2460. The largest absolute Gasteiger partial charge is 0.278 e. The number of benzene rings is 5. The lowest BCUT2D eigenvalue weighted by atomic mass is 10.0.